The topological polar surface area (TPSA) is 49.3 Å². The molecule has 116 valence electrons. The maximum atomic E-state index is 12.7. The number of anilines is 1. The minimum absolute atomic E-state index is 0.121. The van der Waals surface area contributed by atoms with Crippen LogP contribution in [0.5, 0.6) is 0 Å². The summed E-state index contributed by atoms with van der Waals surface area (Å²) in [6, 6.07) is 2.94. The lowest BCUT2D eigenvalue weighted by Gasteiger charge is -2.28. The molecule has 6 heteroatoms. The van der Waals surface area contributed by atoms with E-state index >= 15 is 0 Å². The molecule has 0 amide bonds. The van der Waals surface area contributed by atoms with Gasteiger partial charge in [-0.15, -0.1) is 0 Å². The van der Waals surface area contributed by atoms with Crippen molar-refractivity contribution in [1.82, 2.24) is 0 Å². The fraction of sp³-hybridized carbons (Fsp3) is 0.533. The van der Waals surface area contributed by atoms with Gasteiger partial charge in [0.15, 0.2) is 0 Å². The zero-order valence-electron chi connectivity index (χ0n) is 11.7. The number of carbonyl (C=O) groups is 1. The van der Waals surface area contributed by atoms with E-state index in [1.807, 2.05) is 0 Å². The Morgan fingerprint density at radius 1 is 1.24 bits per heavy atom. The van der Waals surface area contributed by atoms with Crippen LogP contribution in [0, 0.1) is 5.92 Å². The van der Waals surface area contributed by atoms with Gasteiger partial charge < -0.3 is 10.4 Å². The summed E-state index contributed by atoms with van der Waals surface area (Å²) in [6.45, 7) is 2.16. The first kappa shape index (κ1) is 15.7. The predicted molar refractivity (Wildman–Crippen MR) is 73.4 cm³/mol. The van der Waals surface area contributed by atoms with Gasteiger partial charge in [0.2, 0.25) is 0 Å². The van der Waals surface area contributed by atoms with E-state index in [1.54, 1.807) is 0 Å². The summed E-state index contributed by atoms with van der Waals surface area (Å²) in [5.74, 6) is -0.706. The Kier molecular flexibility index (Phi) is 4.44. The average molecular weight is 301 g/mol. The first-order chi connectivity index (χ1) is 9.77. The second kappa shape index (κ2) is 5.95. The number of hydrogen-bond donors (Lipinski definition) is 2. The van der Waals surface area contributed by atoms with Crippen molar-refractivity contribution in [3.05, 3.63) is 29.3 Å². The van der Waals surface area contributed by atoms with Crippen LogP contribution in [0.3, 0.4) is 0 Å². The standard InChI is InChI=1S/C15H18F3NO2/c1-9-2-5-11(6-3-9)19-13-7-4-10(15(16,17)18)8-12(13)14(20)21/h4,7-9,11,19H,2-3,5-6H2,1H3,(H,20,21). The van der Waals surface area contributed by atoms with Crippen molar-refractivity contribution in [2.75, 3.05) is 5.32 Å². The first-order valence-electron chi connectivity index (χ1n) is 6.98. The number of benzene rings is 1. The molecule has 1 aromatic rings. The third-order valence-electron chi connectivity index (χ3n) is 3.95. The number of nitrogens with one attached hydrogen (secondary N) is 1. The molecule has 3 nitrogen and oxygen atoms in total. The lowest BCUT2D eigenvalue weighted by molar-refractivity contribution is -0.137. The summed E-state index contributed by atoms with van der Waals surface area (Å²) in [5.41, 5.74) is -1.01. The molecule has 1 fully saturated rings. The molecule has 0 unspecified atom stereocenters. The number of alkyl halides is 3. The van der Waals surface area contributed by atoms with Gasteiger partial charge in [-0.2, -0.15) is 13.2 Å². The second-order valence-corrected chi connectivity index (χ2v) is 5.66. The van der Waals surface area contributed by atoms with Gasteiger partial charge in [-0.1, -0.05) is 6.92 Å². The van der Waals surface area contributed by atoms with Crippen LogP contribution in [-0.4, -0.2) is 17.1 Å². The molecule has 1 aliphatic rings. The number of halogens is 3. The smallest absolute Gasteiger partial charge is 0.416 e. The van der Waals surface area contributed by atoms with E-state index in [2.05, 4.69) is 12.2 Å². The molecule has 2 rings (SSSR count). The molecule has 0 aliphatic heterocycles. The van der Waals surface area contributed by atoms with Crippen LogP contribution in [-0.2, 0) is 6.18 Å². The van der Waals surface area contributed by atoms with E-state index in [0.717, 1.165) is 31.7 Å². The highest BCUT2D eigenvalue weighted by Crippen LogP contribution is 2.33. The molecule has 2 N–H and O–H groups in total. The summed E-state index contributed by atoms with van der Waals surface area (Å²) in [4.78, 5) is 11.2. The van der Waals surface area contributed by atoms with Gasteiger partial charge in [-0.25, -0.2) is 4.79 Å². The largest absolute Gasteiger partial charge is 0.478 e. The highest BCUT2D eigenvalue weighted by molar-refractivity contribution is 5.94. The fourth-order valence-corrected chi connectivity index (χ4v) is 2.65. The van der Waals surface area contributed by atoms with Gasteiger partial charge in [0.1, 0.15) is 0 Å². The van der Waals surface area contributed by atoms with E-state index in [1.165, 1.54) is 6.07 Å². The van der Waals surface area contributed by atoms with Gasteiger partial charge in [0, 0.05) is 11.7 Å². The number of carboxylic acids is 1. The third-order valence-corrected chi connectivity index (χ3v) is 3.95. The highest BCUT2D eigenvalue weighted by atomic mass is 19.4. The van der Waals surface area contributed by atoms with Crippen LogP contribution in [0.15, 0.2) is 18.2 Å². The molecule has 1 aliphatic carbocycles. The first-order valence-corrected chi connectivity index (χ1v) is 6.98. The van der Waals surface area contributed by atoms with Crippen LogP contribution >= 0.6 is 0 Å². The SMILES string of the molecule is CC1CCC(Nc2ccc(C(F)(F)F)cc2C(=O)O)CC1. The normalized spacial score (nSPS) is 22.9. The van der Waals surface area contributed by atoms with Crippen molar-refractivity contribution in [1.29, 1.82) is 0 Å². The summed E-state index contributed by atoms with van der Waals surface area (Å²) in [6.07, 6.45) is -0.646. The van der Waals surface area contributed by atoms with Crippen molar-refractivity contribution in [3.63, 3.8) is 0 Å². The Labute approximate surface area is 121 Å². The van der Waals surface area contributed by atoms with Crippen LogP contribution in [0.2, 0.25) is 0 Å². The second-order valence-electron chi connectivity index (χ2n) is 5.66. The monoisotopic (exact) mass is 301 g/mol. The third kappa shape index (κ3) is 3.89. The van der Waals surface area contributed by atoms with Crippen molar-refractivity contribution < 1.29 is 23.1 Å². The number of hydrogen-bond acceptors (Lipinski definition) is 2. The lowest BCUT2D eigenvalue weighted by atomic mass is 9.87. The van der Waals surface area contributed by atoms with Crippen molar-refractivity contribution in [2.24, 2.45) is 5.92 Å². The summed E-state index contributed by atoms with van der Waals surface area (Å²) >= 11 is 0. The van der Waals surface area contributed by atoms with E-state index in [9.17, 15) is 18.0 Å². The van der Waals surface area contributed by atoms with Crippen LogP contribution < -0.4 is 5.32 Å². The Hall–Kier alpha value is -1.72. The fourth-order valence-electron chi connectivity index (χ4n) is 2.65. The van der Waals surface area contributed by atoms with E-state index < -0.39 is 17.7 Å². The summed E-state index contributed by atoms with van der Waals surface area (Å²) in [7, 11) is 0. The van der Waals surface area contributed by atoms with Gasteiger partial charge >= 0.3 is 12.1 Å². The Morgan fingerprint density at radius 3 is 2.38 bits per heavy atom. The van der Waals surface area contributed by atoms with Gasteiger partial charge in [-0.05, 0) is 49.8 Å². The highest BCUT2D eigenvalue weighted by Gasteiger charge is 2.32. The van der Waals surface area contributed by atoms with Crippen molar-refractivity contribution >= 4 is 11.7 Å². The molecular formula is C15H18F3NO2. The molecule has 0 heterocycles. The predicted octanol–water partition coefficient (Wildman–Crippen LogP) is 4.39. The van der Waals surface area contributed by atoms with Crippen LogP contribution in [0.25, 0.3) is 0 Å². The Bertz CT molecular complexity index is 520. The lowest BCUT2D eigenvalue weighted by Crippen LogP contribution is -2.26. The van der Waals surface area contributed by atoms with E-state index in [0.29, 0.717) is 12.0 Å². The molecule has 1 aromatic carbocycles. The van der Waals surface area contributed by atoms with Crippen LogP contribution in [0.4, 0.5) is 18.9 Å². The molecule has 0 aromatic heterocycles. The molecule has 0 radical (unpaired) electrons. The maximum absolute atomic E-state index is 12.7. The molecule has 0 saturated heterocycles. The molecule has 1 saturated carbocycles. The number of aromatic carboxylic acids is 1. The molecule has 0 atom stereocenters. The van der Waals surface area contributed by atoms with Crippen molar-refractivity contribution in [3.8, 4) is 0 Å². The zero-order valence-corrected chi connectivity index (χ0v) is 11.7. The Balaban J connectivity index is 2.21. The maximum Gasteiger partial charge on any atom is 0.416 e. The van der Waals surface area contributed by atoms with Gasteiger partial charge in [-0.3, -0.25) is 0 Å². The number of rotatable bonds is 3. The van der Waals surface area contributed by atoms with E-state index in [4.69, 9.17) is 5.11 Å². The molecule has 21 heavy (non-hydrogen) atoms. The Morgan fingerprint density at radius 2 is 1.86 bits per heavy atom. The molecule has 0 spiro atoms. The minimum atomic E-state index is -4.54. The van der Waals surface area contributed by atoms with Gasteiger partial charge in [0.25, 0.3) is 0 Å². The zero-order chi connectivity index (χ0) is 15.6. The summed E-state index contributed by atoms with van der Waals surface area (Å²) in [5, 5.41) is 12.2. The molecule has 0 bridgehead atoms. The minimum Gasteiger partial charge on any atom is -0.478 e. The van der Waals surface area contributed by atoms with Crippen LogP contribution in [0.1, 0.15) is 48.5 Å². The average Bonchev–Trinajstić information content (AvgIpc) is 2.40. The summed E-state index contributed by atoms with van der Waals surface area (Å²) < 4.78 is 38.0. The van der Waals surface area contributed by atoms with Gasteiger partial charge in [0.05, 0.1) is 11.1 Å². The van der Waals surface area contributed by atoms with Crippen molar-refractivity contribution in [2.45, 2.75) is 44.8 Å². The van der Waals surface area contributed by atoms with E-state index in [-0.39, 0.29) is 17.3 Å². The number of carboxylic acid groups (broad SMARTS) is 1. The quantitative estimate of drug-likeness (QED) is 0.870. The molecular weight excluding hydrogens is 283 g/mol.